The minimum atomic E-state index is -0.658. The Hall–Kier alpha value is -2.74. The van der Waals surface area contributed by atoms with Crippen LogP contribution < -0.4 is 10.6 Å². The molecule has 0 aliphatic heterocycles. The summed E-state index contributed by atoms with van der Waals surface area (Å²) in [6.07, 6.45) is 8.08. The Morgan fingerprint density at radius 3 is 2.77 bits per heavy atom. The quantitative estimate of drug-likeness (QED) is 0.597. The zero-order chi connectivity index (χ0) is 18.4. The van der Waals surface area contributed by atoms with E-state index in [2.05, 4.69) is 25.6 Å². The number of nitrogens with zero attached hydrogens (tertiary/aromatic N) is 2. The number of amides is 2. The molecule has 3 atom stereocenters. The van der Waals surface area contributed by atoms with Crippen LogP contribution in [0.1, 0.15) is 35.4 Å². The molecule has 2 aromatic heterocycles. The molecule has 2 aromatic rings. The van der Waals surface area contributed by atoms with Crippen molar-refractivity contribution in [1.82, 2.24) is 25.6 Å². The summed E-state index contributed by atoms with van der Waals surface area (Å²) in [7, 11) is 0. The van der Waals surface area contributed by atoms with E-state index in [1.807, 2.05) is 12.1 Å². The minimum absolute atomic E-state index is 0.0387. The summed E-state index contributed by atoms with van der Waals surface area (Å²) in [6, 6.07) is 3.38. The van der Waals surface area contributed by atoms with Crippen molar-refractivity contribution in [2.45, 2.75) is 37.8 Å². The number of aliphatic hydroxyl groups is 1. The van der Waals surface area contributed by atoms with Gasteiger partial charge in [-0.25, -0.2) is 4.98 Å². The second-order valence-electron chi connectivity index (χ2n) is 6.49. The van der Waals surface area contributed by atoms with Gasteiger partial charge in [-0.1, -0.05) is 0 Å². The van der Waals surface area contributed by atoms with E-state index >= 15 is 0 Å². The van der Waals surface area contributed by atoms with Crippen molar-refractivity contribution in [3.8, 4) is 0 Å². The molecule has 0 spiro atoms. The maximum absolute atomic E-state index is 12.4. The first-order valence-corrected chi connectivity index (χ1v) is 8.78. The first-order chi connectivity index (χ1) is 12.6. The smallest absolute Gasteiger partial charge is 0.287 e. The molecule has 1 aliphatic carbocycles. The monoisotopic (exact) mass is 357 g/mol. The van der Waals surface area contributed by atoms with E-state index in [4.69, 9.17) is 0 Å². The van der Waals surface area contributed by atoms with Crippen molar-refractivity contribution >= 4 is 11.8 Å². The van der Waals surface area contributed by atoms with Gasteiger partial charge in [-0.05, 0) is 43.4 Å². The summed E-state index contributed by atoms with van der Waals surface area (Å²) in [4.78, 5) is 35.1. The average molecular weight is 357 g/mol. The molecule has 0 saturated heterocycles. The number of rotatable bonds is 6. The van der Waals surface area contributed by atoms with E-state index in [1.54, 1.807) is 18.6 Å². The number of carbonyl (C=O) groups excluding carboxylic acids is 2. The second-order valence-corrected chi connectivity index (χ2v) is 6.49. The van der Waals surface area contributed by atoms with Crippen molar-refractivity contribution in [2.75, 3.05) is 6.54 Å². The normalized spacial score (nSPS) is 22.6. The summed E-state index contributed by atoms with van der Waals surface area (Å²) in [5.74, 6) is -0.445. The maximum Gasteiger partial charge on any atom is 0.287 e. The van der Waals surface area contributed by atoms with Gasteiger partial charge < -0.3 is 20.7 Å². The van der Waals surface area contributed by atoms with Gasteiger partial charge in [0.2, 0.25) is 5.91 Å². The van der Waals surface area contributed by atoms with Gasteiger partial charge in [0, 0.05) is 37.3 Å². The lowest BCUT2D eigenvalue weighted by Crippen LogP contribution is -2.49. The highest BCUT2D eigenvalue weighted by Crippen LogP contribution is 2.25. The number of nitrogens with one attached hydrogen (secondary N) is 3. The lowest BCUT2D eigenvalue weighted by atomic mass is 9.83. The SMILES string of the molecule is O=C(N[C@@H]1C[C@@H](C(=O)NCCc2ccncc2)CC[C@H]1O)c1ncc[nH]1. The standard InChI is InChI=1S/C18H23N5O3/c24-15-2-1-13(11-14(15)23-18(26)16-20-9-10-21-16)17(25)22-8-5-12-3-6-19-7-4-12/h3-4,6-7,9-10,13-15,24H,1-2,5,8,11H2,(H,20,21)(H,22,25)(H,23,26)/t13-,14+,15+/m0/s1. The van der Waals surface area contributed by atoms with E-state index in [0.717, 1.165) is 12.0 Å². The molecule has 0 aromatic carbocycles. The Kier molecular flexibility index (Phi) is 5.96. The van der Waals surface area contributed by atoms with Crippen LogP contribution in [-0.4, -0.2) is 50.6 Å². The molecule has 0 unspecified atom stereocenters. The summed E-state index contributed by atoms with van der Waals surface area (Å²) >= 11 is 0. The van der Waals surface area contributed by atoms with Crippen molar-refractivity contribution in [3.05, 3.63) is 48.3 Å². The number of H-pyrrole nitrogens is 1. The van der Waals surface area contributed by atoms with E-state index in [9.17, 15) is 14.7 Å². The molecule has 26 heavy (non-hydrogen) atoms. The number of aliphatic hydroxyl groups excluding tert-OH is 1. The van der Waals surface area contributed by atoms with Crippen LogP contribution in [0.15, 0.2) is 36.9 Å². The largest absolute Gasteiger partial charge is 0.391 e. The Labute approximate surface area is 151 Å². The van der Waals surface area contributed by atoms with Crippen LogP contribution in [-0.2, 0) is 11.2 Å². The fourth-order valence-corrected chi connectivity index (χ4v) is 3.20. The van der Waals surface area contributed by atoms with Crippen LogP contribution in [0, 0.1) is 5.92 Å². The lowest BCUT2D eigenvalue weighted by molar-refractivity contribution is -0.127. The maximum atomic E-state index is 12.4. The molecule has 138 valence electrons. The van der Waals surface area contributed by atoms with Gasteiger partial charge in [0.1, 0.15) is 0 Å². The van der Waals surface area contributed by atoms with Crippen molar-refractivity contribution in [3.63, 3.8) is 0 Å². The Morgan fingerprint density at radius 2 is 2.04 bits per heavy atom. The number of aromatic amines is 1. The molecule has 1 aliphatic rings. The van der Waals surface area contributed by atoms with E-state index < -0.39 is 12.1 Å². The van der Waals surface area contributed by atoms with Crippen molar-refractivity contribution in [1.29, 1.82) is 0 Å². The van der Waals surface area contributed by atoms with Gasteiger partial charge in [0.25, 0.3) is 5.91 Å². The summed E-state index contributed by atoms with van der Waals surface area (Å²) in [5.41, 5.74) is 1.11. The first-order valence-electron chi connectivity index (χ1n) is 8.78. The molecule has 1 fully saturated rings. The molecule has 0 radical (unpaired) electrons. The Bertz CT molecular complexity index is 720. The fourth-order valence-electron chi connectivity index (χ4n) is 3.20. The van der Waals surface area contributed by atoms with Crippen LogP contribution in [0.4, 0.5) is 0 Å². The second kappa shape index (κ2) is 8.57. The number of pyridine rings is 1. The van der Waals surface area contributed by atoms with Crippen LogP contribution in [0.2, 0.25) is 0 Å². The van der Waals surface area contributed by atoms with Gasteiger partial charge in [-0.3, -0.25) is 14.6 Å². The minimum Gasteiger partial charge on any atom is -0.391 e. The number of hydrogen-bond acceptors (Lipinski definition) is 5. The third-order valence-corrected chi connectivity index (χ3v) is 4.68. The Balaban J connectivity index is 1.48. The fraction of sp³-hybridized carbons (Fsp3) is 0.444. The number of imidazole rings is 1. The van der Waals surface area contributed by atoms with E-state index in [0.29, 0.717) is 25.8 Å². The summed E-state index contributed by atoms with van der Waals surface area (Å²) in [6.45, 7) is 0.547. The molecule has 3 rings (SSSR count). The van der Waals surface area contributed by atoms with Crippen LogP contribution >= 0.6 is 0 Å². The lowest BCUT2D eigenvalue weighted by Gasteiger charge is -2.33. The molecule has 0 bridgehead atoms. The number of carbonyl (C=O) groups is 2. The molecule has 4 N–H and O–H groups in total. The summed E-state index contributed by atoms with van der Waals surface area (Å²) in [5, 5.41) is 15.9. The first kappa shape index (κ1) is 18.1. The topological polar surface area (TPSA) is 120 Å². The molecular weight excluding hydrogens is 334 g/mol. The Morgan fingerprint density at radius 1 is 1.23 bits per heavy atom. The van der Waals surface area contributed by atoms with Gasteiger partial charge in [-0.15, -0.1) is 0 Å². The summed E-state index contributed by atoms with van der Waals surface area (Å²) < 4.78 is 0. The number of aromatic nitrogens is 3. The third kappa shape index (κ3) is 4.66. The van der Waals surface area contributed by atoms with E-state index in [-0.39, 0.29) is 23.6 Å². The van der Waals surface area contributed by atoms with Gasteiger partial charge in [-0.2, -0.15) is 0 Å². The molecule has 8 nitrogen and oxygen atoms in total. The predicted octanol–water partition coefficient (Wildman–Crippen LogP) is 0.423. The molecule has 1 saturated carbocycles. The van der Waals surface area contributed by atoms with Gasteiger partial charge in [0.05, 0.1) is 12.1 Å². The van der Waals surface area contributed by atoms with Crippen molar-refractivity contribution < 1.29 is 14.7 Å². The van der Waals surface area contributed by atoms with E-state index in [1.165, 1.54) is 6.20 Å². The van der Waals surface area contributed by atoms with Gasteiger partial charge >= 0.3 is 0 Å². The molecular formula is C18H23N5O3. The van der Waals surface area contributed by atoms with Crippen LogP contribution in [0.25, 0.3) is 0 Å². The van der Waals surface area contributed by atoms with Crippen LogP contribution in [0.3, 0.4) is 0 Å². The zero-order valence-electron chi connectivity index (χ0n) is 14.4. The molecule has 8 heteroatoms. The molecule has 2 amide bonds. The van der Waals surface area contributed by atoms with Gasteiger partial charge in [0.15, 0.2) is 5.82 Å². The van der Waals surface area contributed by atoms with Crippen LogP contribution in [0.5, 0.6) is 0 Å². The molecule has 2 heterocycles. The third-order valence-electron chi connectivity index (χ3n) is 4.68. The van der Waals surface area contributed by atoms with Crippen molar-refractivity contribution in [2.24, 2.45) is 5.92 Å². The highest BCUT2D eigenvalue weighted by atomic mass is 16.3. The highest BCUT2D eigenvalue weighted by molar-refractivity contribution is 5.90. The zero-order valence-corrected chi connectivity index (χ0v) is 14.4. The average Bonchev–Trinajstić information content (AvgIpc) is 3.19. The highest BCUT2D eigenvalue weighted by Gasteiger charge is 2.34. The predicted molar refractivity (Wildman–Crippen MR) is 94.1 cm³/mol. The number of hydrogen-bond donors (Lipinski definition) is 4.